The molecular formula is C6H10N6O4. The third kappa shape index (κ3) is 3.88. The van der Waals surface area contributed by atoms with Crippen LogP contribution >= 0.6 is 0 Å². The Morgan fingerprint density at radius 3 is 2.75 bits per heavy atom. The zero-order chi connectivity index (χ0) is 12.0. The number of carbonyl (C=O) groups is 2. The zero-order valence-electron chi connectivity index (χ0n) is 8.04. The summed E-state index contributed by atoms with van der Waals surface area (Å²) in [6, 6.07) is -0.634. The molecule has 0 saturated carbocycles. The van der Waals surface area contributed by atoms with Crippen LogP contribution in [0.2, 0.25) is 0 Å². The van der Waals surface area contributed by atoms with Crippen LogP contribution in [0.1, 0.15) is 5.82 Å². The molecule has 0 saturated heterocycles. The van der Waals surface area contributed by atoms with Gasteiger partial charge in [0.2, 0.25) is 0 Å². The van der Waals surface area contributed by atoms with E-state index < -0.39 is 18.1 Å². The average Bonchev–Trinajstić information content (AvgIpc) is 2.75. The lowest BCUT2D eigenvalue weighted by molar-refractivity contribution is -0.146. The van der Waals surface area contributed by atoms with Gasteiger partial charge in [-0.25, -0.2) is 9.59 Å². The lowest BCUT2D eigenvalue weighted by Crippen LogP contribution is -2.41. The quantitative estimate of drug-likeness (QED) is 0.373. The molecule has 1 atom stereocenters. The Morgan fingerprint density at radius 2 is 2.19 bits per heavy atom. The standard InChI is InChI=1S/C6H10N6O4/c13-3(5(14)15)1-7-6(16)8-2-4-9-11-12-10-4/h3,13H,1-2H2,(H,14,15)(H2,7,8,16)(H,9,10,11,12). The summed E-state index contributed by atoms with van der Waals surface area (Å²) in [6.07, 6.45) is -1.63. The molecule has 0 aliphatic rings. The fourth-order valence-electron chi connectivity index (χ4n) is 0.756. The zero-order valence-corrected chi connectivity index (χ0v) is 8.04. The second-order valence-electron chi connectivity index (χ2n) is 2.75. The highest BCUT2D eigenvalue weighted by Gasteiger charge is 2.13. The Kier molecular flexibility index (Phi) is 4.15. The minimum atomic E-state index is -1.63. The first-order valence-electron chi connectivity index (χ1n) is 4.24. The number of hydrogen-bond donors (Lipinski definition) is 5. The number of aliphatic carboxylic acids is 1. The largest absolute Gasteiger partial charge is 0.479 e. The summed E-state index contributed by atoms with van der Waals surface area (Å²) >= 11 is 0. The van der Waals surface area contributed by atoms with Crippen LogP contribution in [0.5, 0.6) is 0 Å². The Balaban J connectivity index is 2.19. The van der Waals surface area contributed by atoms with Crippen LogP contribution in [-0.4, -0.2) is 55.5 Å². The summed E-state index contributed by atoms with van der Waals surface area (Å²) in [6.45, 7) is -0.334. The molecule has 10 nitrogen and oxygen atoms in total. The number of nitrogens with zero attached hydrogens (tertiary/aromatic N) is 3. The van der Waals surface area contributed by atoms with E-state index in [1.165, 1.54) is 0 Å². The molecule has 88 valence electrons. The molecule has 0 aliphatic carbocycles. The van der Waals surface area contributed by atoms with Crippen LogP contribution in [0.4, 0.5) is 4.79 Å². The van der Waals surface area contributed by atoms with E-state index in [0.717, 1.165) is 0 Å². The highest BCUT2D eigenvalue weighted by atomic mass is 16.4. The van der Waals surface area contributed by atoms with Crippen molar-refractivity contribution >= 4 is 12.0 Å². The van der Waals surface area contributed by atoms with E-state index in [2.05, 4.69) is 31.3 Å². The number of aromatic nitrogens is 4. The third-order valence-corrected chi connectivity index (χ3v) is 1.54. The maximum absolute atomic E-state index is 11.1. The summed E-state index contributed by atoms with van der Waals surface area (Å²) in [5.74, 6) is -1.12. The Morgan fingerprint density at radius 1 is 1.44 bits per heavy atom. The summed E-state index contributed by atoms with van der Waals surface area (Å²) < 4.78 is 0. The molecule has 1 unspecified atom stereocenters. The number of carboxylic acids is 1. The van der Waals surface area contributed by atoms with Gasteiger partial charge in [0, 0.05) is 0 Å². The number of nitrogens with one attached hydrogen (secondary N) is 3. The van der Waals surface area contributed by atoms with Crippen molar-refractivity contribution in [3.8, 4) is 0 Å². The van der Waals surface area contributed by atoms with Crippen LogP contribution < -0.4 is 10.6 Å². The minimum absolute atomic E-state index is 0.0471. The van der Waals surface area contributed by atoms with E-state index in [4.69, 9.17) is 10.2 Å². The number of aliphatic hydroxyl groups excluding tert-OH is 1. The molecule has 0 aliphatic heterocycles. The van der Waals surface area contributed by atoms with Crippen LogP contribution in [0.25, 0.3) is 0 Å². The van der Waals surface area contributed by atoms with E-state index in [1.54, 1.807) is 0 Å². The molecule has 0 fully saturated rings. The topological polar surface area (TPSA) is 153 Å². The predicted octanol–water partition coefficient (Wildman–Crippen LogP) is -2.56. The van der Waals surface area contributed by atoms with Gasteiger partial charge in [-0.15, -0.1) is 10.2 Å². The molecule has 0 spiro atoms. The van der Waals surface area contributed by atoms with Gasteiger partial charge >= 0.3 is 12.0 Å². The van der Waals surface area contributed by atoms with Crippen molar-refractivity contribution in [1.82, 2.24) is 31.3 Å². The van der Waals surface area contributed by atoms with Crippen LogP contribution in [0.3, 0.4) is 0 Å². The normalized spacial score (nSPS) is 11.8. The monoisotopic (exact) mass is 230 g/mol. The molecule has 5 N–H and O–H groups in total. The molecular weight excluding hydrogens is 220 g/mol. The van der Waals surface area contributed by atoms with Crippen molar-refractivity contribution in [2.75, 3.05) is 6.54 Å². The van der Waals surface area contributed by atoms with Crippen molar-refractivity contribution in [2.45, 2.75) is 12.6 Å². The summed E-state index contributed by atoms with van der Waals surface area (Å²) in [4.78, 5) is 21.3. The van der Waals surface area contributed by atoms with Gasteiger partial charge in [-0.05, 0) is 0 Å². The Labute approximate surface area is 89.0 Å². The smallest absolute Gasteiger partial charge is 0.334 e. The molecule has 16 heavy (non-hydrogen) atoms. The van der Waals surface area contributed by atoms with Gasteiger partial charge in [-0.3, -0.25) is 0 Å². The van der Waals surface area contributed by atoms with Crippen molar-refractivity contribution in [3.63, 3.8) is 0 Å². The fourth-order valence-corrected chi connectivity index (χ4v) is 0.756. The van der Waals surface area contributed by atoms with Gasteiger partial charge < -0.3 is 20.8 Å². The second kappa shape index (κ2) is 5.60. The first-order chi connectivity index (χ1) is 7.59. The van der Waals surface area contributed by atoms with Gasteiger partial charge in [0.1, 0.15) is 0 Å². The fraction of sp³-hybridized carbons (Fsp3) is 0.500. The maximum atomic E-state index is 11.1. The molecule has 0 radical (unpaired) electrons. The molecule has 1 heterocycles. The van der Waals surface area contributed by atoms with E-state index in [9.17, 15) is 9.59 Å². The number of carbonyl (C=O) groups excluding carboxylic acids is 1. The van der Waals surface area contributed by atoms with Gasteiger partial charge in [-0.1, -0.05) is 5.21 Å². The number of aliphatic hydroxyl groups is 1. The molecule has 1 rings (SSSR count). The first kappa shape index (κ1) is 11.8. The predicted molar refractivity (Wildman–Crippen MR) is 48.1 cm³/mol. The van der Waals surface area contributed by atoms with Crippen molar-refractivity contribution in [3.05, 3.63) is 5.82 Å². The molecule has 10 heteroatoms. The molecule has 2 amide bonds. The molecule has 0 bridgehead atoms. The van der Waals surface area contributed by atoms with Crippen LogP contribution in [-0.2, 0) is 11.3 Å². The average molecular weight is 230 g/mol. The molecule has 1 aromatic heterocycles. The summed E-state index contributed by atoms with van der Waals surface area (Å²) in [7, 11) is 0. The lowest BCUT2D eigenvalue weighted by Gasteiger charge is -2.07. The van der Waals surface area contributed by atoms with Crippen LogP contribution in [0, 0.1) is 0 Å². The number of rotatable bonds is 5. The van der Waals surface area contributed by atoms with Gasteiger partial charge in [0.05, 0.1) is 13.1 Å². The van der Waals surface area contributed by atoms with Gasteiger partial charge in [-0.2, -0.15) is 5.21 Å². The van der Waals surface area contributed by atoms with Crippen LogP contribution in [0.15, 0.2) is 0 Å². The van der Waals surface area contributed by atoms with Gasteiger partial charge in [0.25, 0.3) is 0 Å². The summed E-state index contributed by atoms with van der Waals surface area (Å²) in [5.41, 5.74) is 0. The van der Waals surface area contributed by atoms with E-state index in [-0.39, 0.29) is 18.9 Å². The highest BCUT2D eigenvalue weighted by molar-refractivity contribution is 5.76. The molecule has 1 aromatic rings. The van der Waals surface area contributed by atoms with Crippen molar-refractivity contribution in [2.24, 2.45) is 0 Å². The lowest BCUT2D eigenvalue weighted by atomic mass is 10.4. The second-order valence-corrected chi connectivity index (χ2v) is 2.75. The maximum Gasteiger partial charge on any atom is 0.334 e. The van der Waals surface area contributed by atoms with E-state index >= 15 is 0 Å². The van der Waals surface area contributed by atoms with Gasteiger partial charge in [0.15, 0.2) is 11.9 Å². The number of amides is 2. The third-order valence-electron chi connectivity index (χ3n) is 1.54. The minimum Gasteiger partial charge on any atom is -0.479 e. The number of carboxylic acid groups (broad SMARTS) is 1. The Hall–Kier alpha value is -2.23. The summed E-state index contributed by atoms with van der Waals surface area (Å²) in [5, 5.41) is 34.3. The number of H-pyrrole nitrogens is 1. The highest BCUT2D eigenvalue weighted by Crippen LogP contribution is 1.82. The van der Waals surface area contributed by atoms with E-state index in [1.807, 2.05) is 0 Å². The Bertz CT molecular complexity index is 352. The SMILES string of the molecule is O=C(NCc1nn[nH]n1)NCC(O)C(=O)O. The van der Waals surface area contributed by atoms with Crippen molar-refractivity contribution in [1.29, 1.82) is 0 Å². The molecule has 0 aromatic carbocycles. The number of aromatic amines is 1. The first-order valence-corrected chi connectivity index (χ1v) is 4.24. The number of urea groups is 1. The van der Waals surface area contributed by atoms with E-state index in [0.29, 0.717) is 0 Å². The number of tetrazole rings is 1. The van der Waals surface area contributed by atoms with Crippen molar-refractivity contribution < 1.29 is 19.8 Å². The number of hydrogen-bond acceptors (Lipinski definition) is 6.